The van der Waals surface area contributed by atoms with Gasteiger partial charge in [-0.3, -0.25) is 0 Å². The first-order valence-electron chi connectivity index (χ1n) is 5.48. The summed E-state index contributed by atoms with van der Waals surface area (Å²) in [6, 6.07) is 7.77. The number of hydrogen-bond donors (Lipinski definition) is 1. The zero-order chi connectivity index (χ0) is 11.0. The first-order valence-corrected chi connectivity index (χ1v) is 5.85. The summed E-state index contributed by atoms with van der Waals surface area (Å²) in [6.45, 7) is 4.01. The number of piperazine rings is 1. The second-order valence-electron chi connectivity index (χ2n) is 4.00. The van der Waals surface area contributed by atoms with Crippen molar-refractivity contribution in [2.45, 2.75) is 0 Å². The van der Waals surface area contributed by atoms with Gasteiger partial charge in [-0.15, -0.1) is 0 Å². The minimum atomic E-state index is 0.750. The highest BCUT2D eigenvalue weighted by Crippen LogP contribution is 2.28. The van der Waals surface area contributed by atoms with Crippen molar-refractivity contribution < 1.29 is 4.42 Å². The van der Waals surface area contributed by atoms with Crippen molar-refractivity contribution in [3.05, 3.63) is 29.3 Å². The molecule has 4 heteroatoms. The summed E-state index contributed by atoms with van der Waals surface area (Å²) in [7, 11) is 0. The summed E-state index contributed by atoms with van der Waals surface area (Å²) in [6.07, 6.45) is 0. The molecule has 1 aliphatic heterocycles. The molecular formula is C12H13ClN2O. The number of nitrogens with zero attached hydrogens (tertiary/aromatic N) is 1. The molecule has 0 saturated carbocycles. The number of anilines is 1. The number of furan rings is 1. The van der Waals surface area contributed by atoms with Gasteiger partial charge in [0.2, 0.25) is 0 Å². The molecule has 1 fully saturated rings. The van der Waals surface area contributed by atoms with E-state index in [-0.39, 0.29) is 0 Å². The third-order valence-electron chi connectivity index (χ3n) is 2.89. The quantitative estimate of drug-likeness (QED) is 0.825. The summed E-state index contributed by atoms with van der Waals surface area (Å²) < 4.78 is 5.80. The minimum Gasteiger partial charge on any atom is -0.441 e. The molecule has 16 heavy (non-hydrogen) atoms. The Hall–Kier alpha value is -1.19. The van der Waals surface area contributed by atoms with Crippen LogP contribution in [0.4, 0.5) is 5.88 Å². The van der Waals surface area contributed by atoms with E-state index in [0.717, 1.165) is 48.1 Å². The Labute approximate surface area is 99.0 Å². The molecule has 3 rings (SSSR count). The molecule has 2 aromatic rings. The van der Waals surface area contributed by atoms with Crippen molar-refractivity contribution in [1.29, 1.82) is 0 Å². The molecule has 0 radical (unpaired) electrons. The number of benzene rings is 1. The Morgan fingerprint density at radius 2 is 2.00 bits per heavy atom. The fourth-order valence-corrected chi connectivity index (χ4v) is 2.22. The van der Waals surface area contributed by atoms with E-state index in [2.05, 4.69) is 16.3 Å². The lowest BCUT2D eigenvalue weighted by molar-refractivity contribution is 0.527. The highest BCUT2D eigenvalue weighted by molar-refractivity contribution is 6.31. The number of hydrogen-bond acceptors (Lipinski definition) is 3. The van der Waals surface area contributed by atoms with Gasteiger partial charge in [-0.25, -0.2) is 0 Å². The molecule has 0 bridgehead atoms. The van der Waals surface area contributed by atoms with E-state index in [1.807, 2.05) is 18.2 Å². The highest BCUT2D eigenvalue weighted by Gasteiger charge is 2.14. The van der Waals surface area contributed by atoms with E-state index >= 15 is 0 Å². The van der Waals surface area contributed by atoms with E-state index < -0.39 is 0 Å². The summed E-state index contributed by atoms with van der Waals surface area (Å²) in [5.41, 5.74) is 0.901. The van der Waals surface area contributed by atoms with E-state index in [9.17, 15) is 0 Å². The van der Waals surface area contributed by atoms with Crippen LogP contribution in [0.3, 0.4) is 0 Å². The van der Waals surface area contributed by atoms with E-state index in [4.69, 9.17) is 16.0 Å². The predicted molar refractivity (Wildman–Crippen MR) is 66.3 cm³/mol. The molecule has 1 saturated heterocycles. The monoisotopic (exact) mass is 236 g/mol. The lowest BCUT2D eigenvalue weighted by Crippen LogP contribution is -2.43. The molecule has 1 aliphatic rings. The van der Waals surface area contributed by atoms with Gasteiger partial charge in [-0.1, -0.05) is 11.6 Å². The van der Waals surface area contributed by atoms with Gasteiger partial charge in [-0.2, -0.15) is 0 Å². The van der Waals surface area contributed by atoms with Crippen LogP contribution < -0.4 is 10.2 Å². The van der Waals surface area contributed by atoms with Crippen LogP contribution in [0.5, 0.6) is 0 Å². The van der Waals surface area contributed by atoms with Crippen molar-refractivity contribution in [2.75, 3.05) is 31.1 Å². The fourth-order valence-electron chi connectivity index (χ4n) is 2.04. The molecule has 0 amide bonds. The molecule has 2 heterocycles. The standard InChI is InChI=1S/C12H13ClN2O/c13-10-1-2-11-9(7-10)8-12(16-11)15-5-3-14-4-6-15/h1-2,7-8,14H,3-6H2. The lowest BCUT2D eigenvalue weighted by atomic mass is 10.2. The zero-order valence-corrected chi connectivity index (χ0v) is 9.63. The molecule has 3 nitrogen and oxygen atoms in total. The Morgan fingerprint density at radius 1 is 1.19 bits per heavy atom. The SMILES string of the molecule is Clc1ccc2oc(N3CCNCC3)cc2c1. The summed E-state index contributed by atoms with van der Waals surface area (Å²) in [5, 5.41) is 5.14. The Balaban J connectivity index is 1.97. The average molecular weight is 237 g/mol. The Kier molecular flexibility index (Phi) is 2.50. The van der Waals surface area contributed by atoms with Crippen molar-refractivity contribution in [3.63, 3.8) is 0 Å². The van der Waals surface area contributed by atoms with Gasteiger partial charge in [0, 0.05) is 42.7 Å². The van der Waals surface area contributed by atoms with Gasteiger partial charge in [0.1, 0.15) is 5.58 Å². The molecule has 0 unspecified atom stereocenters. The van der Waals surface area contributed by atoms with Gasteiger partial charge in [-0.05, 0) is 18.2 Å². The molecule has 0 spiro atoms. The molecule has 1 aromatic carbocycles. The molecule has 84 valence electrons. The van der Waals surface area contributed by atoms with Gasteiger partial charge in [0.25, 0.3) is 0 Å². The van der Waals surface area contributed by atoms with Crippen LogP contribution in [0.2, 0.25) is 5.02 Å². The van der Waals surface area contributed by atoms with Crippen molar-refractivity contribution in [3.8, 4) is 0 Å². The van der Waals surface area contributed by atoms with Gasteiger partial charge >= 0.3 is 0 Å². The van der Waals surface area contributed by atoms with Gasteiger partial charge in [0.15, 0.2) is 5.88 Å². The summed E-state index contributed by atoms with van der Waals surface area (Å²) >= 11 is 5.95. The van der Waals surface area contributed by atoms with Crippen LogP contribution in [0.15, 0.2) is 28.7 Å². The average Bonchev–Trinajstić information content (AvgIpc) is 2.73. The second kappa shape index (κ2) is 4.00. The largest absolute Gasteiger partial charge is 0.441 e. The maximum absolute atomic E-state index is 5.95. The Morgan fingerprint density at radius 3 is 2.81 bits per heavy atom. The molecule has 0 atom stereocenters. The normalized spacial score (nSPS) is 16.9. The van der Waals surface area contributed by atoms with Gasteiger partial charge < -0.3 is 14.6 Å². The van der Waals surface area contributed by atoms with Crippen molar-refractivity contribution in [1.82, 2.24) is 5.32 Å². The fraction of sp³-hybridized carbons (Fsp3) is 0.333. The number of rotatable bonds is 1. The number of halogens is 1. The van der Waals surface area contributed by atoms with E-state index in [1.165, 1.54) is 0 Å². The van der Waals surface area contributed by atoms with Crippen molar-refractivity contribution in [2.24, 2.45) is 0 Å². The first kappa shape index (κ1) is 10.00. The first-order chi connectivity index (χ1) is 7.83. The smallest absolute Gasteiger partial charge is 0.196 e. The van der Waals surface area contributed by atoms with Crippen molar-refractivity contribution >= 4 is 28.5 Å². The maximum Gasteiger partial charge on any atom is 0.196 e. The second-order valence-corrected chi connectivity index (χ2v) is 4.44. The van der Waals surface area contributed by atoms with Crippen LogP contribution >= 0.6 is 11.6 Å². The third kappa shape index (κ3) is 1.77. The Bertz CT molecular complexity index is 503. The molecule has 1 aromatic heterocycles. The van der Waals surface area contributed by atoms with Crippen LogP contribution in [-0.2, 0) is 0 Å². The number of fused-ring (bicyclic) bond motifs is 1. The molecular weight excluding hydrogens is 224 g/mol. The predicted octanol–water partition coefficient (Wildman–Crippen LogP) is 2.50. The van der Waals surface area contributed by atoms with Crippen LogP contribution in [0.1, 0.15) is 0 Å². The maximum atomic E-state index is 5.95. The third-order valence-corrected chi connectivity index (χ3v) is 3.13. The van der Waals surface area contributed by atoms with Crippen LogP contribution in [-0.4, -0.2) is 26.2 Å². The highest BCUT2D eigenvalue weighted by atomic mass is 35.5. The summed E-state index contributed by atoms with van der Waals surface area (Å²) in [4.78, 5) is 2.25. The zero-order valence-electron chi connectivity index (χ0n) is 8.87. The molecule has 0 aliphatic carbocycles. The topological polar surface area (TPSA) is 28.4 Å². The van der Waals surface area contributed by atoms with Gasteiger partial charge in [0.05, 0.1) is 0 Å². The summed E-state index contributed by atoms with van der Waals surface area (Å²) in [5.74, 6) is 0.943. The van der Waals surface area contributed by atoms with E-state index in [1.54, 1.807) is 0 Å². The van der Waals surface area contributed by atoms with E-state index in [0.29, 0.717) is 0 Å². The van der Waals surface area contributed by atoms with Crippen LogP contribution in [0.25, 0.3) is 11.0 Å². The number of nitrogens with one attached hydrogen (secondary N) is 1. The minimum absolute atomic E-state index is 0.750. The lowest BCUT2D eigenvalue weighted by Gasteiger charge is -2.26. The molecule has 1 N–H and O–H groups in total. The van der Waals surface area contributed by atoms with Crippen LogP contribution in [0, 0.1) is 0 Å².